The number of hydrogen-bond donors (Lipinski definition) is 2. The van der Waals surface area contributed by atoms with Crippen LogP contribution in [0, 0.1) is 0 Å². The van der Waals surface area contributed by atoms with E-state index >= 15 is 0 Å². The first kappa shape index (κ1) is 19.9. The van der Waals surface area contributed by atoms with Crippen molar-refractivity contribution in [1.82, 2.24) is 4.72 Å². The zero-order valence-electron chi connectivity index (χ0n) is 15.4. The van der Waals surface area contributed by atoms with Gasteiger partial charge in [0.05, 0.1) is 7.11 Å². The molecule has 0 fully saturated rings. The molecular weight excluding hydrogens is 352 g/mol. The first-order valence-corrected chi connectivity index (χ1v) is 9.86. The van der Waals surface area contributed by atoms with Crippen LogP contribution in [-0.2, 0) is 16.4 Å². The number of hydrogen-bond acceptors (Lipinski definition) is 4. The molecule has 2 rings (SSSR count). The van der Waals surface area contributed by atoms with Gasteiger partial charge in [-0.2, -0.15) is 0 Å². The number of anilines is 1. The molecule has 0 atom stereocenters. The van der Waals surface area contributed by atoms with Crippen LogP contribution in [0.15, 0.2) is 47.4 Å². The van der Waals surface area contributed by atoms with Gasteiger partial charge in [-0.15, -0.1) is 0 Å². The van der Waals surface area contributed by atoms with Gasteiger partial charge in [0, 0.05) is 17.3 Å². The van der Waals surface area contributed by atoms with Gasteiger partial charge in [0.1, 0.15) is 10.6 Å². The average Bonchev–Trinajstić information content (AvgIpc) is 2.60. The van der Waals surface area contributed by atoms with Gasteiger partial charge < -0.3 is 10.1 Å². The van der Waals surface area contributed by atoms with E-state index in [2.05, 4.69) is 10.0 Å². The smallest absolute Gasteiger partial charge is 0.255 e. The van der Waals surface area contributed by atoms with Crippen molar-refractivity contribution in [2.75, 3.05) is 12.4 Å². The predicted molar refractivity (Wildman–Crippen MR) is 102 cm³/mol. The fourth-order valence-electron chi connectivity index (χ4n) is 2.55. The Hall–Kier alpha value is -2.38. The van der Waals surface area contributed by atoms with E-state index in [4.69, 9.17) is 4.74 Å². The van der Waals surface area contributed by atoms with Crippen LogP contribution >= 0.6 is 0 Å². The summed E-state index contributed by atoms with van der Waals surface area (Å²) in [6, 6.07) is 11.6. The number of para-hydroxylation sites is 1. The highest BCUT2D eigenvalue weighted by Crippen LogP contribution is 2.26. The van der Waals surface area contributed by atoms with Gasteiger partial charge >= 0.3 is 0 Å². The molecule has 0 unspecified atom stereocenters. The third-order valence-corrected chi connectivity index (χ3v) is 5.43. The molecule has 0 saturated heterocycles. The summed E-state index contributed by atoms with van der Waals surface area (Å²) in [6.07, 6.45) is 0.775. The number of nitrogens with one attached hydrogen (secondary N) is 2. The van der Waals surface area contributed by atoms with Crippen molar-refractivity contribution < 1.29 is 17.9 Å². The molecule has 7 heteroatoms. The summed E-state index contributed by atoms with van der Waals surface area (Å²) < 4.78 is 32.7. The monoisotopic (exact) mass is 376 g/mol. The van der Waals surface area contributed by atoms with Crippen molar-refractivity contribution in [1.29, 1.82) is 0 Å². The molecular formula is C19H24N2O4S. The maximum absolute atomic E-state index is 12.6. The standard InChI is InChI=1S/C19H24N2O4S/c1-5-14-8-6-7-9-16(14)20-19(22)15-10-11-17(25-4)18(12-15)26(23,24)21-13(2)3/h6-13,21H,5H2,1-4H3,(H,20,22). The molecule has 0 aliphatic heterocycles. The Bertz CT molecular complexity index is 892. The zero-order chi connectivity index (χ0) is 19.3. The van der Waals surface area contributed by atoms with Crippen LogP contribution in [0.25, 0.3) is 0 Å². The number of ether oxygens (including phenoxy) is 1. The Morgan fingerprint density at radius 2 is 1.85 bits per heavy atom. The lowest BCUT2D eigenvalue weighted by Crippen LogP contribution is -2.30. The van der Waals surface area contributed by atoms with Crippen LogP contribution < -0.4 is 14.8 Å². The fraction of sp³-hybridized carbons (Fsp3) is 0.316. The van der Waals surface area contributed by atoms with Crippen molar-refractivity contribution in [3.05, 3.63) is 53.6 Å². The van der Waals surface area contributed by atoms with Crippen LogP contribution in [0.3, 0.4) is 0 Å². The second-order valence-electron chi connectivity index (χ2n) is 6.11. The quantitative estimate of drug-likeness (QED) is 0.777. The van der Waals surface area contributed by atoms with E-state index in [1.165, 1.54) is 25.3 Å². The van der Waals surface area contributed by atoms with Crippen LogP contribution in [0.4, 0.5) is 5.69 Å². The molecule has 2 N–H and O–H groups in total. The highest BCUT2D eigenvalue weighted by atomic mass is 32.2. The fourth-order valence-corrected chi connectivity index (χ4v) is 3.99. The van der Waals surface area contributed by atoms with Gasteiger partial charge in [0.2, 0.25) is 10.0 Å². The van der Waals surface area contributed by atoms with Gasteiger partial charge in [-0.3, -0.25) is 4.79 Å². The summed E-state index contributed by atoms with van der Waals surface area (Å²) >= 11 is 0. The van der Waals surface area contributed by atoms with Gasteiger partial charge in [0.25, 0.3) is 5.91 Å². The van der Waals surface area contributed by atoms with E-state index in [0.29, 0.717) is 5.69 Å². The van der Waals surface area contributed by atoms with E-state index < -0.39 is 10.0 Å². The van der Waals surface area contributed by atoms with Crippen molar-refractivity contribution in [2.24, 2.45) is 0 Å². The Labute approximate surface area is 154 Å². The van der Waals surface area contributed by atoms with E-state index in [0.717, 1.165) is 12.0 Å². The number of carbonyl (C=O) groups excluding carboxylic acids is 1. The molecule has 140 valence electrons. The first-order chi connectivity index (χ1) is 12.3. The Morgan fingerprint density at radius 1 is 1.15 bits per heavy atom. The number of aryl methyl sites for hydroxylation is 1. The minimum atomic E-state index is -3.80. The molecule has 2 aromatic carbocycles. The number of amides is 1. The van der Waals surface area contributed by atoms with Gasteiger partial charge in [-0.25, -0.2) is 13.1 Å². The van der Waals surface area contributed by atoms with E-state index in [1.54, 1.807) is 13.8 Å². The van der Waals surface area contributed by atoms with Gasteiger partial charge in [-0.05, 0) is 50.1 Å². The number of methoxy groups -OCH3 is 1. The summed E-state index contributed by atoms with van der Waals surface area (Å²) in [4.78, 5) is 12.6. The summed E-state index contributed by atoms with van der Waals surface area (Å²) in [5.41, 5.74) is 1.95. The molecule has 0 aromatic heterocycles. The van der Waals surface area contributed by atoms with Gasteiger partial charge in [-0.1, -0.05) is 25.1 Å². The zero-order valence-corrected chi connectivity index (χ0v) is 16.2. The molecule has 6 nitrogen and oxygen atoms in total. The summed E-state index contributed by atoms with van der Waals surface area (Å²) in [7, 11) is -2.41. The van der Waals surface area contributed by atoms with Crippen LogP contribution in [0.1, 0.15) is 36.7 Å². The second kappa shape index (κ2) is 8.33. The van der Waals surface area contributed by atoms with Crippen molar-refractivity contribution >= 4 is 21.6 Å². The molecule has 0 spiro atoms. The predicted octanol–water partition coefficient (Wildman–Crippen LogP) is 3.20. The molecule has 0 heterocycles. The minimum absolute atomic E-state index is 0.0647. The first-order valence-electron chi connectivity index (χ1n) is 8.38. The Balaban J connectivity index is 2.38. The topological polar surface area (TPSA) is 84.5 Å². The summed E-state index contributed by atoms with van der Waals surface area (Å²) in [6.45, 7) is 5.45. The van der Waals surface area contributed by atoms with E-state index in [-0.39, 0.29) is 28.2 Å². The third kappa shape index (κ3) is 4.62. The molecule has 0 saturated carbocycles. The highest BCUT2D eigenvalue weighted by Gasteiger charge is 2.22. The Kier molecular flexibility index (Phi) is 6.39. The lowest BCUT2D eigenvalue weighted by molar-refractivity contribution is 0.102. The highest BCUT2D eigenvalue weighted by molar-refractivity contribution is 7.89. The summed E-state index contributed by atoms with van der Waals surface area (Å²) in [5, 5.41) is 2.84. The molecule has 0 bridgehead atoms. The molecule has 0 aliphatic carbocycles. The normalized spacial score (nSPS) is 11.4. The lowest BCUT2D eigenvalue weighted by Gasteiger charge is -2.14. The number of carbonyl (C=O) groups is 1. The number of rotatable bonds is 7. The molecule has 0 radical (unpaired) electrons. The average molecular weight is 376 g/mol. The van der Waals surface area contributed by atoms with Crippen LogP contribution in [0.5, 0.6) is 5.75 Å². The maximum Gasteiger partial charge on any atom is 0.255 e. The third-order valence-electron chi connectivity index (χ3n) is 3.75. The van der Waals surface area contributed by atoms with E-state index in [9.17, 15) is 13.2 Å². The van der Waals surface area contributed by atoms with Crippen LogP contribution in [0.2, 0.25) is 0 Å². The number of benzene rings is 2. The Morgan fingerprint density at radius 3 is 2.46 bits per heavy atom. The van der Waals surface area contributed by atoms with Gasteiger partial charge in [0.15, 0.2) is 0 Å². The molecule has 2 aromatic rings. The SMILES string of the molecule is CCc1ccccc1NC(=O)c1ccc(OC)c(S(=O)(=O)NC(C)C)c1. The molecule has 0 aliphatic rings. The summed E-state index contributed by atoms with van der Waals surface area (Å²) in [5.74, 6) is -0.196. The van der Waals surface area contributed by atoms with Crippen molar-refractivity contribution in [3.63, 3.8) is 0 Å². The van der Waals surface area contributed by atoms with Crippen molar-refractivity contribution in [2.45, 2.75) is 38.1 Å². The molecule has 1 amide bonds. The second-order valence-corrected chi connectivity index (χ2v) is 7.79. The number of sulfonamides is 1. The minimum Gasteiger partial charge on any atom is -0.495 e. The largest absolute Gasteiger partial charge is 0.495 e. The molecule has 26 heavy (non-hydrogen) atoms. The van der Waals surface area contributed by atoms with Crippen molar-refractivity contribution in [3.8, 4) is 5.75 Å². The maximum atomic E-state index is 12.6. The lowest BCUT2D eigenvalue weighted by atomic mass is 10.1. The van der Waals surface area contributed by atoms with Crippen LogP contribution in [-0.4, -0.2) is 27.5 Å². The van der Waals surface area contributed by atoms with E-state index in [1.807, 2.05) is 31.2 Å².